The number of nitrogens with zero attached hydrogens (tertiary/aromatic N) is 3. The highest BCUT2D eigenvalue weighted by atomic mass is 32.1. The fraction of sp³-hybridized carbons (Fsp3) is 0.486. The molecule has 3 amide bonds. The number of carbonyl (C=O) groups excluding carboxylic acids is 3. The number of fused-ring (bicyclic) bond motifs is 2. The van der Waals surface area contributed by atoms with Gasteiger partial charge in [-0.05, 0) is 85.4 Å². The molecule has 7 rings (SSSR count). The van der Waals surface area contributed by atoms with E-state index in [0.717, 1.165) is 49.0 Å². The molecular weight excluding hydrogens is 670 g/mol. The minimum atomic E-state index is -5.00. The number of alkyl halides is 1. The van der Waals surface area contributed by atoms with Gasteiger partial charge in [0.15, 0.2) is 0 Å². The van der Waals surface area contributed by atoms with E-state index in [1.807, 2.05) is 29.2 Å². The van der Waals surface area contributed by atoms with Crippen LogP contribution in [0.5, 0.6) is 5.75 Å². The number of halogens is 1. The molecule has 1 unspecified atom stereocenters. The van der Waals surface area contributed by atoms with Crippen molar-refractivity contribution in [2.24, 2.45) is 5.92 Å². The Morgan fingerprint density at radius 1 is 1.12 bits per heavy atom. The van der Waals surface area contributed by atoms with Gasteiger partial charge in [0.05, 0.1) is 29.5 Å². The Bertz CT molecular complexity index is 1900. The van der Waals surface area contributed by atoms with Gasteiger partial charge in [-0.3, -0.25) is 18.9 Å². The Morgan fingerprint density at radius 3 is 2.61 bits per heavy atom. The van der Waals surface area contributed by atoms with Crippen LogP contribution in [-0.2, 0) is 14.2 Å². The zero-order valence-electron chi connectivity index (χ0n) is 27.0. The molecule has 6 atom stereocenters. The van der Waals surface area contributed by atoms with Crippen LogP contribution in [0.4, 0.5) is 4.39 Å². The van der Waals surface area contributed by atoms with E-state index in [-0.39, 0.29) is 40.1 Å². The minimum absolute atomic E-state index is 0.120. The number of carbonyl (C=O) groups is 3. The number of rotatable bonds is 7. The van der Waals surface area contributed by atoms with Crippen molar-refractivity contribution in [3.63, 3.8) is 0 Å². The normalized spacial score (nSPS) is 26.9. The number of hydrogen-bond acceptors (Lipinski definition) is 7. The van der Waals surface area contributed by atoms with Crippen LogP contribution in [0.15, 0.2) is 48.5 Å². The second kappa shape index (κ2) is 12.8. The first-order valence-electron chi connectivity index (χ1n) is 16.7. The molecule has 3 aromatic rings. The van der Waals surface area contributed by atoms with Crippen LogP contribution in [0.2, 0.25) is 0 Å². The maximum atomic E-state index is 14.5. The molecule has 2 aromatic carbocycles. The molecule has 1 saturated carbocycles. The number of ether oxygens (including phenoxy) is 1. The van der Waals surface area contributed by atoms with Crippen molar-refractivity contribution in [3.05, 3.63) is 64.5 Å². The number of nitrogens with one attached hydrogen (secondary N) is 1. The van der Waals surface area contributed by atoms with Crippen molar-refractivity contribution in [3.8, 4) is 11.8 Å². The fourth-order valence-corrected chi connectivity index (χ4v) is 9.75. The van der Waals surface area contributed by atoms with Crippen LogP contribution in [0, 0.1) is 17.2 Å². The Hall–Kier alpha value is -3.82. The Balaban J connectivity index is 1.11. The van der Waals surface area contributed by atoms with Gasteiger partial charge in [-0.1, -0.05) is 31.0 Å². The number of methoxy groups -OCH3 is 1. The number of benzene rings is 2. The standard InChI is InChI=1S/C35H38FN4O7PS/c1-47-24-7-4-5-20(16-24)25-19-39(35(13-14-35)26(25)18-37)34(43)28-11-10-23-6-2-3-8-27(33(42)40(23)28)38-32(41)30-17-22-15-21(9-12-29(22)49-30)31(36)48(44,45)46/h4-5,7,9,12,15-17,23,25-28,31H,2-3,6,8,10-11,13-14,19H2,1H3,(H,38,41)(H2,44,45,46)/t23-,25-,26-,27-,28-,31?/m0/s1. The van der Waals surface area contributed by atoms with E-state index in [1.165, 1.54) is 24.3 Å². The average Bonchev–Trinajstić information content (AvgIpc) is 3.43. The maximum Gasteiger partial charge on any atom is 0.363 e. The molecule has 4 heterocycles. The summed E-state index contributed by atoms with van der Waals surface area (Å²) in [7, 11) is -3.40. The lowest BCUT2D eigenvalue weighted by molar-refractivity contribution is -0.148. The third-order valence-corrected chi connectivity index (χ3v) is 12.9. The highest BCUT2D eigenvalue weighted by Crippen LogP contribution is 2.58. The smallest absolute Gasteiger partial charge is 0.363 e. The molecular formula is C35H38FN4O7PS. The summed E-state index contributed by atoms with van der Waals surface area (Å²) in [6, 6.07) is 14.2. The lowest BCUT2D eigenvalue weighted by Crippen LogP contribution is -2.57. The monoisotopic (exact) mass is 708 g/mol. The molecule has 3 saturated heterocycles. The summed E-state index contributed by atoms with van der Waals surface area (Å²) in [5.41, 5.74) is 0.218. The number of hydrogen-bond donors (Lipinski definition) is 3. The fourth-order valence-electron chi connectivity index (χ4n) is 8.26. The zero-order chi connectivity index (χ0) is 34.7. The Morgan fingerprint density at radius 2 is 1.90 bits per heavy atom. The van der Waals surface area contributed by atoms with Crippen molar-refractivity contribution in [1.82, 2.24) is 15.1 Å². The first kappa shape index (κ1) is 33.7. The van der Waals surface area contributed by atoms with Gasteiger partial charge in [-0.25, -0.2) is 4.39 Å². The Labute approximate surface area is 287 Å². The summed E-state index contributed by atoms with van der Waals surface area (Å²) in [5, 5.41) is 13.7. The van der Waals surface area contributed by atoms with Crippen LogP contribution in [0.1, 0.15) is 84.0 Å². The van der Waals surface area contributed by atoms with Crippen LogP contribution < -0.4 is 10.1 Å². The lowest BCUT2D eigenvalue weighted by Gasteiger charge is -2.37. The van der Waals surface area contributed by atoms with Gasteiger partial charge < -0.3 is 29.6 Å². The van der Waals surface area contributed by atoms with Crippen LogP contribution >= 0.6 is 18.9 Å². The van der Waals surface area contributed by atoms with Gasteiger partial charge in [0.2, 0.25) is 17.7 Å². The van der Waals surface area contributed by atoms with Crippen LogP contribution in [0.3, 0.4) is 0 Å². The molecule has 3 aliphatic heterocycles. The first-order valence-corrected chi connectivity index (χ1v) is 19.2. The van der Waals surface area contributed by atoms with E-state index in [2.05, 4.69) is 11.4 Å². The number of thiophene rings is 1. The molecule has 0 radical (unpaired) electrons. The summed E-state index contributed by atoms with van der Waals surface area (Å²) >= 11 is 1.14. The molecule has 0 bridgehead atoms. The second-order valence-corrected chi connectivity index (χ2v) is 16.4. The average molecular weight is 709 g/mol. The summed E-state index contributed by atoms with van der Waals surface area (Å²) in [6.07, 6.45) is 5.45. The molecule has 4 aliphatic rings. The van der Waals surface area contributed by atoms with Crippen LogP contribution in [-0.4, -0.2) is 74.6 Å². The predicted octanol–water partition coefficient (Wildman–Crippen LogP) is 5.39. The number of likely N-dealkylation sites (tertiary alicyclic amines) is 1. The molecule has 258 valence electrons. The Kier molecular flexibility index (Phi) is 8.80. The van der Waals surface area contributed by atoms with Gasteiger partial charge in [0.1, 0.15) is 17.8 Å². The molecule has 3 N–H and O–H groups in total. The van der Waals surface area contributed by atoms with Gasteiger partial charge in [-0.15, -0.1) is 11.3 Å². The van der Waals surface area contributed by atoms with E-state index in [0.29, 0.717) is 41.6 Å². The van der Waals surface area contributed by atoms with Gasteiger partial charge in [0.25, 0.3) is 5.91 Å². The highest BCUT2D eigenvalue weighted by Gasteiger charge is 2.64. The number of nitriles is 1. The van der Waals surface area contributed by atoms with E-state index in [4.69, 9.17) is 4.74 Å². The summed E-state index contributed by atoms with van der Waals surface area (Å²) < 4.78 is 31.8. The second-order valence-electron chi connectivity index (χ2n) is 13.7. The van der Waals surface area contributed by atoms with E-state index < -0.39 is 37.0 Å². The van der Waals surface area contributed by atoms with Gasteiger partial charge in [0, 0.05) is 23.2 Å². The van der Waals surface area contributed by atoms with Gasteiger partial charge >= 0.3 is 7.60 Å². The molecule has 1 spiro atoms. The molecule has 11 nitrogen and oxygen atoms in total. The highest BCUT2D eigenvalue weighted by molar-refractivity contribution is 7.51. The molecule has 1 aromatic heterocycles. The minimum Gasteiger partial charge on any atom is -0.497 e. The van der Waals surface area contributed by atoms with Crippen molar-refractivity contribution in [1.29, 1.82) is 5.26 Å². The van der Waals surface area contributed by atoms with Crippen molar-refractivity contribution in [2.45, 2.75) is 86.9 Å². The summed E-state index contributed by atoms with van der Waals surface area (Å²) in [5.74, 6) is -3.24. The largest absolute Gasteiger partial charge is 0.497 e. The first-order chi connectivity index (χ1) is 23.4. The van der Waals surface area contributed by atoms with E-state index >= 15 is 0 Å². The van der Waals surface area contributed by atoms with E-state index in [9.17, 15) is 38.4 Å². The summed E-state index contributed by atoms with van der Waals surface area (Å²) in [4.78, 5) is 64.7. The van der Waals surface area contributed by atoms with Crippen LogP contribution in [0.25, 0.3) is 10.1 Å². The topological polar surface area (TPSA) is 160 Å². The third kappa shape index (κ3) is 6.03. The predicted molar refractivity (Wildman–Crippen MR) is 180 cm³/mol. The SMILES string of the molecule is COc1cccc([C@@H]2CN(C(=O)[C@@H]3CC[C@@H]4CCCC[C@H](NC(=O)c5cc6cc(C(F)P(=O)(O)O)ccc6s5)C(=O)N43)C3(CC3)[C@H]2C#N)c1. The maximum absolute atomic E-state index is 14.5. The van der Waals surface area contributed by atoms with Crippen molar-refractivity contribution < 1.29 is 37.9 Å². The zero-order valence-corrected chi connectivity index (χ0v) is 28.7. The van der Waals surface area contributed by atoms with E-state index in [1.54, 1.807) is 12.0 Å². The third-order valence-electron chi connectivity index (χ3n) is 10.8. The van der Waals surface area contributed by atoms with Gasteiger partial charge in [-0.2, -0.15) is 5.26 Å². The molecule has 1 aliphatic carbocycles. The molecule has 49 heavy (non-hydrogen) atoms. The lowest BCUT2D eigenvalue weighted by atomic mass is 9.85. The van der Waals surface area contributed by atoms with Crippen molar-refractivity contribution in [2.75, 3.05) is 13.7 Å². The molecule has 4 fully saturated rings. The van der Waals surface area contributed by atoms with Crippen molar-refractivity contribution >= 4 is 46.7 Å². The number of amides is 3. The summed E-state index contributed by atoms with van der Waals surface area (Å²) in [6.45, 7) is 0.387. The molecule has 14 heteroatoms. The quantitative estimate of drug-likeness (QED) is 0.276.